The van der Waals surface area contributed by atoms with E-state index in [9.17, 15) is 13.2 Å². The number of carbonyl (C=O) groups excluding carboxylic acids is 1. The van der Waals surface area contributed by atoms with E-state index in [1.807, 2.05) is 16.3 Å². The van der Waals surface area contributed by atoms with E-state index in [1.165, 1.54) is 29.7 Å². The minimum Gasteiger partial charge on any atom is -0.459 e. The number of amides is 1. The van der Waals surface area contributed by atoms with Gasteiger partial charge in [0.1, 0.15) is 0 Å². The van der Waals surface area contributed by atoms with Gasteiger partial charge in [0.15, 0.2) is 5.76 Å². The second kappa shape index (κ2) is 8.29. The summed E-state index contributed by atoms with van der Waals surface area (Å²) in [6, 6.07) is 15.1. The zero-order valence-electron chi connectivity index (χ0n) is 16.9. The van der Waals surface area contributed by atoms with Gasteiger partial charge in [-0.1, -0.05) is 24.3 Å². The average Bonchev–Trinajstić information content (AvgIpc) is 3.60. The van der Waals surface area contributed by atoms with Crippen molar-refractivity contribution in [3.05, 3.63) is 71.1 Å². The van der Waals surface area contributed by atoms with Crippen LogP contribution in [-0.4, -0.2) is 50.4 Å². The first-order valence-electron chi connectivity index (χ1n) is 9.96. The highest BCUT2D eigenvalue weighted by Gasteiger charge is 2.34. The maximum absolute atomic E-state index is 13.4. The van der Waals surface area contributed by atoms with Crippen LogP contribution in [0, 0.1) is 0 Å². The van der Waals surface area contributed by atoms with E-state index >= 15 is 0 Å². The highest BCUT2D eigenvalue weighted by atomic mass is 32.2. The molecule has 0 N–H and O–H groups in total. The molecule has 1 saturated heterocycles. The number of aromatic nitrogens is 1. The number of piperazine rings is 1. The van der Waals surface area contributed by atoms with E-state index in [0.717, 1.165) is 0 Å². The van der Waals surface area contributed by atoms with Gasteiger partial charge in [-0.25, -0.2) is 8.42 Å². The Morgan fingerprint density at radius 3 is 2.41 bits per heavy atom. The number of hydrogen-bond acceptors (Lipinski definition) is 8. The molecule has 5 rings (SSSR count). The minimum absolute atomic E-state index is 0.0226. The molecule has 3 aromatic heterocycles. The van der Waals surface area contributed by atoms with Gasteiger partial charge in [-0.05, 0) is 35.7 Å². The summed E-state index contributed by atoms with van der Waals surface area (Å²) >= 11 is 1.40. The van der Waals surface area contributed by atoms with Gasteiger partial charge in [0.25, 0.3) is 11.8 Å². The van der Waals surface area contributed by atoms with Crippen LogP contribution >= 0.6 is 11.3 Å². The van der Waals surface area contributed by atoms with Gasteiger partial charge in [0, 0.05) is 26.2 Å². The summed E-state index contributed by atoms with van der Waals surface area (Å²) in [4.78, 5) is 21.3. The number of nitrogens with zero attached hydrogens (tertiary/aromatic N) is 3. The predicted molar refractivity (Wildman–Crippen MR) is 119 cm³/mol. The van der Waals surface area contributed by atoms with Crippen LogP contribution in [0.1, 0.15) is 9.67 Å². The second-order valence-corrected chi connectivity index (χ2v) is 9.99. The minimum atomic E-state index is -3.92. The maximum atomic E-state index is 13.4. The summed E-state index contributed by atoms with van der Waals surface area (Å²) in [6.45, 7) is 1.72. The molecule has 4 aromatic rings. The van der Waals surface area contributed by atoms with Gasteiger partial charge >= 0.3 is 0 Å². The van der Waals surface area contributed by atoms with Crippen molar-refractivity contribution in [1.29, 1.82) is 0 Å². The summed E-state index contributed by atoms with van der Waals surface area (Å²) in [5, 5.41) is 1.71. The Labute approximate surface area is 188 Å². The molecule has 4 heterocycles. The van der Waals surface area contributed by atoms with Crippen LogP contribution in [0.2, 0.25) is 0 Å². The number of rotatable bonds is 5. The molecule has 0 aliphatic carbocycles. The molecule has 8 nitrogen and oxygen atoms in total. The lowest BCUT2D eigenvalue weighted by atomic mass is 10.3. The number of anilines is 1. The molecule has 1 amide bonds. The molecule has 1 aliphatic rings. The zero-order valence-corrected chi connectivity index (χ0v) is 18.5. The number of oxazole rings is 1. The lowest BCUT2D eigenvalue weighted by molar-refractivity contribution is 0.0750. The number of carbonyl (C=O) groups is 1. The van der Waals surface area contributed by atoms with Crippen LogP contribution in [0.25, 0.3) is 11.7 Å². The van der Waals surface area contributed by atoms with Crippen molar-refractivity contribution < 1.29 is 22.0 Å². The van der Waals surface area contributed by atoms with E-state index in [0.29, 0.717) is 36.8 Å². The fraction of sp³-hybridized carbons (Fsp3) is 0.182. The maximum Gasteiger partial charge on any atom is 0.266 e. The third-order valence-corrected chi connectivity index (χ3v) is 7.73. The quantitative estimate of drug-likeness (QED) is 0.439. The third-order valence-electron chi connectivity index (χ3n) is 5.21. The molecule has 1 fully saturated rings. The Morgan fingerprint density at radius 1 is 0.969 bits per heavy atom. The smallest absolute Gasteiger partial charge is 0.266 e. The monoisotopic (exact) mass is 469 g/mol. The predicted octanol–water partition coefficient (Wildman–Crippen LogP) is 3.79. The van der Waals surface area contributed by atoms with E-state index < -0.39 is 9.84 Å². The standard InChI is InChI=1S/C22H19N3O5S2/c26-21(18-9-5-15-31-18)24-10-12-25(13-11-24)22-20(23-19(30-22)17-8-4-14-29-17)32(27,28)16-6-2-1-3-7-16/h1-9,14-15H,10-13H2. The number of benzene rings is 1. The molecule has 164 valence electrons. The van der Waals surface area contributed by atoms with Gasteiger partial charge in [0.2, 0.25) is 20.7 Å². The molecule has 0 bridgehead atoms. The van der Waals surface area contributed by atoms with Crippen LogP contribution < -0.4 is 4.90 Å². The summed E-state index contributed by atoms with van der Waals surface area (Å²) in [5.74, 6) is 0.568. The van der Waals surface area contributed by atoms with E-state index in [2.05, 4.69) is 4.98 Å². The number of thiophene rings is 1. The average molecular weight is 470 g/mol. The summed E-state index contributed by atoms with van der Waals surface area (Å²) in [6.07, 6.45) is 1.47. The Hall–Kier alpha value is -3.37. The lowest BCUT2D eigenvalue weighted by Crippen LogP contribution is -2.48. The van der Waals surface area contributed by atoms with Crippen molar-refractivity contribution in [1.82, 2.24) is 9.88 Å². The zero-order chi connectivity index (χ0) is 22.1. The largest absolute Gasteiger partial charge is 0.459 e. The molecule has 0 radical (unpaired) electrons. The molecule has 0 atom stereocenters. The van der Waals surface area contributed by atoms with Crippen molar-refractivity contribution >= 4 is 33.0 Å². The molecule has 32 heavy (non-hydrogen) atoms. The molecule has 1 aliphatic heterocycles. The molecule has 1 aromatic carbocycles. The van der Waals surface area contributed by atoms with Crippen molar-refractivity contribution in [2.45, 2.75) is 9.92 Å². The first-order chi connectivity index (χ1) is 15.5. The van der Waals surface area contributed by atoms with Gasteiger partial charge in [0.05, 0.1) is 16.0 Å². The first kappa shape index (κ1) is 20.5. The normalized spacial score (nSPS) is 14.6. The van der Waals surface area contributed by atoms with E-state index in [-0.39, 0.29) is 27.6 Å². The van der Waals surface area contributed by atoms with Crippen LogP contribution in [0.5, 0.6) is 0 Å². The van der Waals surface area contributed by atoms with Crippen molar-refractivity contribution in [3.63, 3.8) is 0 Å². The first-order valence-corrected chi connectivity index (χ1v) is 12.3. The van der Waals surface area contributed by atoms with E-state index in [4.69, 9.17) is 8.83 Å². The van der Waals surface area contributed by atoms with Crippen LogP contribution in [0.3, 0.4) is 0 Å². The number of hydrogen-bond donors (Lipinski definition) is 0. The number of sulfone groups is 1. The van der Waals surface area contributed by atoms with Gasteiger partial charge in [-0.2, -0.15) is 4.98 Å². The molecule has 0 unspecified atom stereocenters. The lowest BCUT2D eigenvalue weighted by Gasteiger charge is -2.34. The van der Waals surface area contributed by atoms with Crippen LogP contribution in [0.4, 0.5) is 5.88 Å². The fourth-order valence-corrected chi connectivity index (χ4v) is 5.59. The topological polar surface area (TPSA) is 96.9 Å². The van der Waals surface area contributed by atoms with Crippen molar-refractivity contribution in [3.8, 4) is 11.7 Å². The number of furan rings is 1. The van der Waals surface area contributed by atoms with Crippen LogP contribution in [-0.2, 0) is 9.84 Å². The van der Waals surface area contributed by atoms with E-state index in [1.54, 1.807) is 41.3 Å². The molecule has 0 spiro atoms. The second-order valence-electron chi connectivity index (χ2n) is 7.18. The fourth-order valence-electron chi connectivity index (χ4n) is 3.56. The van der Waals surface area contributed by atoms with Gasteiger partial charge in [-0.15, -0.1) is 11.3 Å². The van der Waals surface area contributed by atoms with Crippen molar-refractivity contribution in [2.75, 3.05) is 31.1 Å². The molecular formula is C22H19N3O5S2. The molecule has 0 saturated carbocycles. The molecule has 10 heteroatoms. The summed E-state index contributed by atoms with van der Waals surface area (Å²) in [5.41, 5.74) is 0. The third kappa shape index (κ3) is 3.71. The van der Waals surface area contributed by atoms with Crippen molar-refractivity contribution in [2.24, 2.45) is 0 Å². The summed E-state index contributed by atoms with van der Waals surface area (Å²) in [7, 11) is -3.92. The Bertz CT molecular complexity index is 1310. The Kier molecular flexibility index (Phi) is 5.32. The Balaban J connectivity index is 1.47. The molecular weight excluding hydrogens is 450 g/mol. The summed E-state index contributed by atoms with van der Waals surface area (Å²) < 4.78 is 38.0. The van der Waals surface area contributed by atoms with Gasteiger partial charge in [-0.3, -0.25) is 4.79 Å². The Morgan fingerprint density at radius 2 is 1.75 bits per heavy atom. The SMILES string of the molecule is O=C(c1cccs1)N1CCN(c2oc(-c3ccco3)nc2S(=O)(=O)c2ccccc2)CC1. The highest BCUT2D eigenvalue weighted by molar-refractivity contribution is 7.91. The highest BCUT2D eigenvalue weighted by Crippen LogP contribution is 2.35. The van der Waals surface area contributed by atoms with Gasteiger partial charge < -0.3 is 18.6 Å². The van der Waals surface area contributed by atoms with Crippen LogP contribution in [0.15, 0.2) is 85.0 Å².